The molecule has 26 heavy (non-hydrogen) atoms. The van der Waals surface area contributed by atoms with E-state index in [0.717, 1.165) is 0 Å². The minimum absolute atomic E-state index is 0.175. The number of aromatic nitrogens is 3. The van der Waals surface area contributed by atoms with E-state index in [-0.39, 0.29) is 18.1 Å². The molecule has 3 heterocycles. The Balaban J connectivity index is 1.70. The summed E-state index contributed by atoms with van der Waals surface area (Å²) in [7, 11) is 3.71. The molecular weight excluding hydrogens is 334 g/mol. The van der Waals surface area contributed by atoms with Crippen molar-refractivity contribution in [3.8, 4) is 5.88 Å². The zero-order valence-corrected chi connectivity index (χ0v) is 15.2. The maximum absolute atomic E-state index is 12.7. The van der Waals surface area contributed by atoms with Crippen molar-refractivity contribution in [1.29, 1.82) is 0 Å². The van der Waals surface area contributed by atoms with Crippen molar-refractivity contribution >= 4 is 11.9 Å². The molecule has 3 rings (SSSR count). The van der Waals surface area contributed by atoms with E-state index >= 15 is 0 Å². The molecule has 0 aromatic carbocycles. The highest BCUT2D eigenvalue weighted by molar-refractivity contribution is 5.95. The van der Waals surface area contributed by atoms with Crippen LogP contribution >= 0.6 is 0 Å². The van der Waals surface area contributed by atoms with E-state index in [2.05, 4.69) is 20.3 Å². The third-order valence-corrected chi connectivity index (χ3v) is 4.14. The molecule has 0 aliphatic carbocycles. The number of amides is 1. The van der Waals surface area contributed by atoms with E-state index in [0.29, 0.717) is 42.7 Å². The number of hydrogen-bond acceptors (Lipinski definition) is 7. The number of pyridine rings is 1. The lowest BCUT2D eigenvalue weighted by atomic mass is 10.1. The molecule has 1 aliphatic rings. The lowest BCUT2D eigenvalue weighted by Gasteiger charge is -2.32. The molecule has 1 fully saturated rings. The van der Waals surface area contributed by atoms with Crippen molar-refractivity contribution in [1.82, 2.24) is 20.3 Å². The van der Waals surface area contributed by atoms with Gasteiger partial charge in [0.05, 0.1) is 23.9 Å². The minimum Gasteiger partial charge on any atom is -0.470 e. The third kappa shape index (κ3) is 4.26. The second-order valence-electron chi connectivity index (χ2n) is 6.33. The highest BCUT2D eigenvalue weighted by atomic mass is 16.5. The number of carbonyl (C=O) groups excluding carboxylic acids is 1. The Kier molecular flexibility index (Phi) is 5.62. The molecule has 0 saturated carbocycles. The summed E-state index contributed by atoms with van der Waals surface area (Å²) in [5.41, 5.74) is 1.09. The van der Waals surface area contributed by atoms with Crippen molar-refractivity contribution in [2.75, 3.05) is 32.2 Å². The number of carbonyl (C=O) groups is 1. The molecule has 1 amide bonds. The first kappa shape index (κ1) is 18.1. The Morgan fingerprint density at radius 2 is 2.19 bits per heavy atom. The van der Waals surface area contributed by atoms with Crippen LogP contribution in [0.4, 0.5) is 5.95 Å². The molecule has 2 aromatic heterocycles. The highest BCUT2D eigenvalue weighted by Gasteiger charge is 2.30. The van der Waals surface area contributed by atoms with Crippen molar-refractivity contribution in [3.05, 3.63) is 41.9 Å². The second-order valence-corrected chi connectivity index (χ2v) is 6.33. The number of nitrogens with zero attached hydrogens (tertiary/aromatic N) is 4. The monoisotopic (exact) mass is 357 g/mol. The first-order valence-corrected chi connectivity index (χ1v) is 8.52. The molecule has 1 saturated heterocycles. The fraction of sp³-hybridized carbons (Fsp3) is 0.444. The quantitative estimate of drug-likeness (QED) is 0.860. The van der Waals surface area contributed by atoms with Gasteiger partial charge in [-0.2, -0.15) is 0 Å². The molecule has 0 bridgehead atoms. The molecule has 0 spiro atoms. The van der Waals surface area contributed by atoms with Crippen LogP contribution in [0, 0.1) is 6.92 Å². The first-order chi connectivity index (χ1) is 12.5. The first-order valence-electron chi connectivity index (χ1n) is 8.52. The molecule has 2 atom stereocenters. The van der Waals surface area contributed by atoms with Gasteiger partial charge in [0.15, 0.2) is 0 Å². The average Bonchev–Trinajstić information content (AvgIpc) is 2.64. The summed E-state index contributed by atoms with van der Waals surface area (Å²) >= 11 is 0. The van der Waals surface area contributed by atoms with Crippen molar-refractivity contribution in [2.24, 2.45) is 0 Å². The lowest BCUT2D eigenvalue weighted by Crippen LogP contribution is -2.51. The zero-order valence-electron chi connectivity index (χ0n) is 15.2. The highest BCUT2D eigenvalue weighted by Crippen LogP contribution is 2.17. The van der Waals surface area contributed by atoms with E-state index < -0.39 is 0 Å². The van der Waals surface area contributed by atoms with Crippen LogP contribution in [-0.2, 0) is 4.74 Å². The van der Waals surface area contributed by atoms with E-state index in [9.17, 15) is 4.79 Å². The predicted octanol–water partition coefficient (Wildman–Crippen LogP) is 1.21. The Labute approximate surface area is 152 Å². The van der Waals surface area contributed by atoms with Crippen LogP contribution < -0.4 is 15.0 Å². The van der Waals surface area contributed by atoms with Gasteiger partial charge in [0.25, 0.3) is 5.91 Å². The van der Waals surface area contributed by atoms with Gasteiger partial charge in [0.1, 0.15) is 6.10 Å². The summed E-state index contributed by atoms with van der Waals surface area (Å²) in [4.78, 5) is 27.3. The maximum atomic E-state index is 12.7. The van der Waals surface area contributed by atoms with Gasteiger partial charge < -0.3 is 19.7 Å². The minimum atomic E-state index is -0.301. The Hall–Kier alpha value is -2.74. The number of hydrogen-bond donors (Lipinski definition) is 1. The number of nitrogens with one attached hydrogen (secondary N) is 1. The molecule has 0 unspecified atom stereocenters. The van der Waals surface area contributed by atoms with Gasteiger partial charge in [-0.15, -0.1) is 0 Å². The number of anilines is 1. The van der Waals surface area contributed by atoms with Gasteiger partial charge in [0, 0.05) is 39.2 Å². The fourth-order valence-electron chi connectivity index (χ4n) is 2.70. The normalized spacial score (nSPS) is 19.7. The Morgan fingerprint density at radius 1 is 1.35 bits per heavy atom. The van der Waals surface area contributed by atoms with Crippen LogP contribution in [0.15, 0.2) is 30.6 Å². The third-order valence-electron chi connectivity index (χ3n) is 4.14. The summed E-state index contributed by atoms with van der Waals surface area (Å²) < 4.78 is 11.4. The fourth-order valence-corrected chi connectivity index (χ4v) is 2.70. The van der Waals surface area contributed by atoms with Crippen LogP contribution in [0.2, 0.25) is 0 Å². The SMILES string of the molecule is Cc1nc(N(C)C)ncc1C(=O)N[C@@H]1CCOC[C@H]1Oc1ccccn1. The van der Waals surface area contributed by atoms with Crippen LogP contribution in [0.3, 0.4) is 0 Å². The standard InChI is InChI=1S/C18H23N5O3/c1-12-13(10-20-18(21-12)23(2)3)17(24)22-14-7-9-25-11-15(14)26-16-6-4-5-8-19-16/h4-6,8,10,14-15H,7,9,11H2,1-3H3,(H,22,24)/t14-,15-/m1/s1. The molecule has 0 radical (unpaired) electrons. The van der Waals surface area contributed by atoms with E-state index in [1.807, 2.05) is 26.2 Å². The predicted molar refractivity (Wildman–Crippen MR) is 96.4 cm³/mol. The summed E-state index contributed by atoms with van der Waals surface area (Å²) in [5.74, 6) is 0.868. The van der Waals surface area contributed by atoms with E-state index in [1.54, 1.807) is 30.3 Å². The topological polar surface area (TPSA) is 89.5 Å². The largest absolute Gasteiger partial charge is 0.470 e. The smallest absolute Gasteiger partial charge is 0.255 e. The molecule has 8 nitrogen and oxygen atoms in total. The number of ether oxygens (including phenoxy) is 2. The zero-order chi connectivity index (χ0) is 18.5. The second kappa shape index (κ2) is 8.09. The van der Waals surface area contributed by atoms with Crippen LogP contribution in [0.5, 0.6) is 5.88 Å². The molecule has 8 heteroatoms. The van der Waals surface area contributed by atoms with Gasteiger partial charge in [-0.05, 0) is 19.4 Å². The van der Waals surface area contributed by atoms with E-state index in [1.165, 1.54) is 0 Å². The summed E-state index contributed by atoms with van der Waals surface area (Å²) in [5, 5.41) is 3.03. The number of aryl methyl sites for hydroxylation is 1. The van der Waals surface area contributed by atoms with Gasteiger partial charge in [-0.25, -0.2) is 15.0 Å². The summed E-state index contributed by atoms with van der Waals surface area (Å²) in [6.07, 6.45) is 3.59. The van der Waals surface area contributed by atoms with Crippen molar-refractivity contribution in [3.63, 3.8) is 0 Å². The van der Waals surface area contributed by atoms with Gasteiger partial charge in [-0.3, -0.25) is 4.79 Å². The Morgan fingerprint density at radius 3 is 2.88 bits per heavy atom. The Bertz CT molecular complexity index is 754. The van der Waals surface area contributed by atoms with Gasteiger partial charge in [-0.1, -0.05) is 6.07 Å². The van der Waals surface area contributed by atoms with Gasteiger partial charge in [0.2, 0.25) is 11.8 Å². The van der Waals surface area contributed by atoms with Gasteiger partial charge >= 0.3 is 0 Å². The van der Waals surface area contributed by atoms with E-state index in [4.69, 9.17) is 9.47 Å². The van der Waals surface area contributed by atoms with Crippen molar-refractivity contribution in [2.45, 2.75) is 25.5 Å². The molecular formula is C18H23N5O3. The van der Waals surface area contributed by atoms with Crippen LogP contribution in [0.25, 0.3) is 0 Å². The van der Waals surface area contributed by atoms with Crippen LogP contribution in [0.1, 0.15) is 22.5 Å². The average molecular weight is 357 g/mol. The molecule has 2 aromatic rings. The van der Waals surface area contributed by atoms with Crippen LogP contribution in [-0.4, -0.2) is 60.3 Å². The summed E-state index contributed by atoms with van der Waals surface area (Å²) in [6, 6.07) is 5.29. The molecule has 138 valence electrons. The number of rotatable bonds is 5. The van der Waals surface area contributed by atoms with Crippen molar-refractivity contribution < 1.29 is 14.3 Å². The maximum Gasteiger partial charge on any atom is 0.255 e. The summed E-state index contributed by atoms with van der Waals surface area (Å²) in [6.45, 7) is 2.77. The lowest BCUT2D eigenvalue weighted by molar-refractivity contribution is -0.0153. The molecule has 1 N–H and O–H groups in total. The molecule has 1 aliphatic heterocycles.